The summed E-state index contributed by atoms with van der Waals surface area (Å²) in [5.41, 5.74) is 3.96. The number of H-pyrrole nitrogens is 1. The first kappa shape index (κ1) is 15.5. The molecule has 0 radical (unpaired) electrons. The number of rotatable bonds is 2. The number of aromatic nitrogens is 2. The van der Waals surface area contributed by atoms with Crippen LogP contribution >= 0.6 is 27.5 Å². The number of furan rings is 1. The van der Waals surface area contributed by atoms with E-state index >= 15 is 0 Å². The minimum Gasteiger partial charge on any atom is -0.444 e. The number of benzene rings is 1. The highest BCUT2D eigenvalue weighted by Crippen LogP contribution is 2.30. The molecular weight excluding hydrogens is 394 g/mol. The van der Waals surface area contributed by atoms with Gasteiger partial charge < -0.3 is 9.32 Å². The fourth-order valence-corrected chi connectivity index (χ4v) is 3.33. The number of hydrogen-bond donors (Lipinski definition) is 1. The summed E-state index contributed by atoms with van der Waals surface area (Å²) < 4.78 is 5.93. The SMILES string of the molecule is O=C(c1ccc(Br)o1)N1CCc2[nH]nc(-c3ccc(Cl)cc3)c2C1. The lowest BCUT2D eigenvalue weighted by atomic mass is 10.0. The van der Waals surface area contributed by atoms with Crippen LogP contribution in [0.25, 0.3) is 11.3 Å². The van der Waals surface area contributed by atoms with Gasteiger partial charge in [-0.05, 0) is 40.2 Å². The first-order valence-electron chi connectivity index (χ1n) is 7.48. The summed E-state index contributed by atoms with van der Waals surface area (Å²) in [6.45, 7) is 1.13. The number of carbonyl (C=O) groups is 1. The van der Waals surface area contributed by atoms with E-state index in [0.29, 0.717) is 28.5 Å². The fraction of sp³-hybridized carbons (Fsp3) is 0.176. The summed E-state index contributed by atoms with van der Waals surface area (Å²) in [6, 6.07) is 10.9. The third-order valence-electron chi connectivity index (χ3n) is 4.12. The molecular formula is C17H13BrClN3O2. The smallest absolute Gasteiger partial charge is 0.289 e. The van der Waals surface area contributed by atoms with Gasteiger partial charge in [0.25, 0.3) is 5.91 Å². The number of fused-ring (bicyclic) bond motifs is 1. The minimum atomic E-state index is -0.116. The molecule has 4 rings (SSSR count). The van der Waals surface area contributed by atoms with E-state index < -0.39 is 0 Å². The van der Waals surface area contributed by atoms with Crippen molar-refractivity contribution in [1.29, 1.82) is 0 Å². The van der Waals surface area contributed by atoms with E-state index in [4.69, 9.17) is 16.0 Å². The first-order valence-corrected chi connectivity index (χ1v) is 8.65. The van der Waals surface area contributed by atoms with Crippen LogP contribution < -0.4 is 0 Å². The second-order valence-corrected chi connectivity index (χ2v) is 6.83. The maximum Gasteiger partial charge on any atom is 0.289 e. The Bertz CT molecular complexity index is 901. The average molecular weight is 407 g/mol. The largest absolute Gasteiger partial charge is 0.444 e. The van der Waals surface area contributed by atoms with Gasteiger partial charge >= 0.3 is 0 Å². The molecule has 1 amide bonds. The van der Waals surface area contributed by atoms with Gasteiger partial charge in [0.2, 0.25) is 0 Å². The van der Waals surface area contributed by atoms with Gasteiger partial charge in [0.05, 0.1) is 12.2 Å². The molecule has 1 aromatic carbocycles. The van der Waals surface area contributed by atoms with Crippen LogP contribution in [0.15, 0.2) is 45.5 Å². The molecule has 1 N–H and O–H groups in total. The number of carbonyl (C=O) groups excluding carboxylic acids is 1. The molecule has 0 bridgehead atoms. The molecule has 0 atom stereocenters. The van der Waals surface area contributed by atoms with Gasteiger partial charge in [-0.1, -0.05) is 23.7 Å². The van der Waals surface area contributed by atoms with Gasteiger partial charge in [-0.3, -0.25) is 9.89 Å². The Morgan fingerprint density at radius 3 is 2.75 bits per heavy atom. The molecule has 3 aromatic rings. The van der Waals surface area contributed by atoms with Crippen LogP contribution in [-0.2, 0) is 13.0 Å². The highest BCUT2D eigenvalue weighted by Gasteiger charge is 2.27. The van der Waals surface area contributed by atoms with Crippen LogP contribution in [-0.4, -0.2) is 27.5 Å². The Balaban J connectivity index is 1.63. The number of amides is 1. The average Bonchev–Trinajstić information content (AvgIpc) is 3.21. The van der Waals surface area contributed by atoms with Crippen LogP contribution in [0.2, 0.25) is 5.02 Å². The van der Waals surface area contributed by atoms with Crippen LogP contribution in [0.4, 0.5) is 0 Å². The van der Waals surface area contributed by atoms with E-state index in [0.717, 1.165) is 28.9 Å². The topological polar surface area (TPSA) is 62.1 Å². The number of aromatic amines is 1. The van der Waals surface area contributed by atoms with E-state index in [2.05, 4.69) is 26.1 Å². The summed E-state index contributed by atoms with van der Waals surface area (Å²) in [6.07, 6.45) is 0.740. The van der Waals surface area contributed by atoms with Crippen LogP contribution in [0, 0.1) is 0 Å². The Labute approximate surface area is 151 Å². The quantitative estimate of drug-likeness (QED) is 0.691. The third kappa shape index (κ3) is 2.76. The highest BCUT2D eigenvalue weighted by molar-refractivity contribution is 9.10. The van der Waals surface area contributed by atoms with Crippen LogP contribution in [0.5, 0.6) is 0 Å². The lowest BCUT2D eigenvalue weighted by Crippen LogP contribution is -2.35. The van der Waals surface area contributed by atoms with Gasteiger partial charge in [0.15, 0.2) is 10.4 Å². The van der Waals surface area contributed by atoms with Crippen molar-refractivity contribution in [2.75, 3.05) is 6.54 Å². The van der Waals surface area contributed by atoms with Gasteiger partial charge in [-0.2, -0.15) is 5.10 Å². The zero-order chi connectivity index (χ0) is 16.7. The molecule has 24 heavy (non-hydrogen) atoms. The minimum absolute atomic E-state index is 0.116. The molecule has 0 saturated heterocycles. The summed E-state index contributed by atoms with van der Waals surface area (Å²) in [7, 11) is 0. The second-order valence-electron chi connectivity index (χ2n) is 5.62. The van der Waals surface area contributed by atoms with Crippen molar-refractivity contribution >= 4 is 33.4 Å². The van der Waals surface area contributed by atoms with E-state index in [-0.39, 0.29) is 5.91 Å². The molecule has 0 aliphatic carbocycles. The van der Waals surface area contributed by atoms with E-state index in [1.807, 2.05) is 24.3 Å². The monoisotopic (exact) mass is 405 g/mol. The molecule has 0 spiro atoms. The number of halogens is 2. The standard InChI is InChI=1S/C17H13BrClN3O2/c18-15-6-5-14(24-15)17(23)22-8-7-13-12(9-22)16(21-20-13)10-1-3-11(19)4-2-10/h1-6H,7-9H2,(H,20,21). The van der Waals surface area contributed by atoms with Crippen molar-refractivity contribution in [2.45, 2.75) is 13.0 Å². The van der Waals surface area contributed by atoms with Crippen LogP contribution in [0.1, 0.15) is 21.8 Å². The normalized spacial score (nSPS) is 13.8. The van der Waals surface area contributed by atoms with Crippen LogP contribution in [0.3, 0.4) is 0 Å². The molecule has 122 valence electrons. The molecule has 5 nitrogen and oxygen atoms in total. The third-order valence-corrected chi connectivity index (χ3v) is 4.80. The molecule has 7 heteroatoms. The van der Waals surface area contributed by atoms with Gasteiger partial charge in [0.1, 0.15) is 0 Å². The lowest BCUT2D eigenvalue weighted by molar-refractivity contribution is 0.0701. The molecule has 1 aliphatic heterocycles. The molecule has 0 fully saturated rings. The van der Waals surface area contributed by atoms with Crippen molar-refractivity contribution in [3.63, 3.8) is 0 Å². The predicted octanol–water partition coefficient (Wildman–Crippen LogP) is 4.28. The molecule has 0 unspecified atom stereocenters. The predicted molar refractivity (Wildman–Crippen MR) is 93.9 cm³/mol. The summed E-state index contributed by atoms with van der Waals surface area (Å²) in [5, 5.41) is 8.21. The number of nitrogens with zero attached hydrogens (tertiary/aromatic N) is 2. The first-order chi connectivity index (χ1) is 11.6. The molecule has 0 saturated carbocycles. The summed E-state index contributed by atoms with van der Waals surface area (Å²) >= 11 is 9.18. The zero-order valence-corrected chi connectivity index (χ0v) is 14.9. The lowest BCUT2D eigenvalue weighted by Gasteiger charge is -2.26. The Morgan fingerprint density at radius 2 is 2.04 bits per heavy atom. The Kier molecular flexibility index (Phi) is 3.94. The van der Waals surface area contributed by atoms with Crippen molar-refractivity contribution in [3.05, 3.63) is 63.1 Å². The second kappa shape index (κ2) is 6.11. The van der Waals surface area contributed by atoms with Crippen molar-refractivity contribution in [3.8, 4) is 11.3 Å². The van der Waals surface area contributed by atoms with E-state index in [9.17, 15) is 4.79 Å². The maximum absolute atomic E-state index is 12.6. The van der Waals surface area contributed by atoms with Gasteiger partial charge in [0, 0.05) is 34.8 Å². The van der Waals surface area contributed by atoms with E-state index in [1.54, 1.807) is 17.0 Å². The highest BCUT2D eigenvalue weighted by atomic mass is 79.9. The Morgan fingerprint density at radius 1 is 1.25 bits per heavy atom. The molecule has 3 heterocycles. The summed E-state index contributed by atoms with van der Waals surface area (Å²) in [5.74, 6) is 0.219. The van der Waals surface area contributed by atoms with Gasteiger partial charge in [-0.25, -0.2) is 0 Å². The van der Waals surface area contributed by atoms with Gasteiger partial charge in [-0.15, -0.1) is 0 Å². The molecule has 1 aliphatic rings. The van der Waals surface area contributed by atoms with Crippen molar-refractivity contribution in [1.82, 2.24) is 15.1 Å². The number of hydrogen-bond acceptors (Lipinski definition) is 3. The fourth-order valence-electron chi connectivity index (χ4n) is 2.90. The number of nitrogens with one attached hydrogen (secondary N) is 1. The Hall–Kier alpha value is -2.05. The van der Waals surface area contributed by atoms with Crippen molar-refractivity contribution in [2.24, 2.45) is 0 Å². The van der Waals surface area contributed by atoms with Crippen molar-refractivity contribution < 1.29 is 9.21 Å². The summed E-state index contributed by atoms with van der Waals surface area (Å²) in [4.78, 5) is 14.4. The zero-order valence-electron chi connectivity index (χ0n) is 12.6. The van der Waals surface area contributed by atoms with E-state index in [1.165, 1.54) is 0 Å². The maximum atomic E-state index is 12.6. The molecule has 2 aromatic heterocycles.